The maximum Gasteiger partial charge on any atom is 0.306 e. The van der Waals surface area contributed by atoms with Crippen LogP contribution < -0.4 is 0 Å². The molecule has 0 heterocycles. The van der Waals surface area contributed by atoms with Crippen molar-refractivity contribution in [3.05, 3.63) is 170 Å². The molecule has 0 N–H and O–H groups in total. The van der Waals surface area contributed by atoms with Crippen molar-refractivity contribution in [2.75, 3.05) is 13.2 Å². The first-order chi connectivity index (χ1) is 36.0. The van der Waals surface area contributed by atoms with Gasteiger partial charge >= 0.3 is 17.9 Å². The summed E-state index contributed by atoms with van der Waals surface area (Å²) in [4.78, 5) is 38.2. The van der Waals surface area contributed by atoms with Crippen LogP contribution in [0.1, 0.15) is 213 Å². The van der Waals surface area contributed by atoms with E-state index >= 15 is 0 Å². The van der Waals surface area contributed by atoms with Gasteiger partial charge in [0.2, 0.25) is 0 Å². The molecule has 0 saturated heterocycles. The summed E-state index contributed by atoms with van der Waals surface area (Å²) in [5.74, 6) is -0.997. The van der Waals surface area contributed by atoms with Crippen LogP contribution in [0.5, 0.6) is 0 Å². The molecule has 6 heteroatoms. The average molecular weight is 1000 g/mol. The number of ether oxygens (including phenoxy) is 3. The Morgan fingerprint density at radius 1 is 0.288 bits per heavy atom. The highest BCUT2D eigenvalue weighted by Gasteiger charge is 2.19. The van der Waals surface area contributed by atoms with Crippen molar-refractivity contribution in [1.82, 2.24) is 0 Å². The lowest BCUT2D eigenvalue weighted by atomic mass is 10.1. The molecule has 0 aromatic carbocycles. The van der Waals surface area contributed by atoms with Crippen LogP contribution in [0, 0.1) is 0 Å². The van der Waals surface area contributed by atoms with Crippen molar-refractivity contribution >= 4 is 17.9 Å². The molecule has 406 valence electrons. The summed E-state index contributed by atoms with van der Waals surface area (Å²) in [6.07, 6.45) is 87.6. The van der Waals surface area contributed by atoms with Crippen LogP contribution in [0.15, 0.2) is 170 Å². The van der Waals surface area contributed by atoms with Gasteiger partial charge in [0.1, 0.15) is 13.2 Å². The SMILES string of the molecule is CC\C=C/C=C\C=C/C=C\C=C\C=C/CCCCCC(=O)OCC(COC(=O)CCCCCCCC/C=C\C/C=C\C/C=C\C/C=C\CC)OC(=O)CCCCCCCC/C=C\C/C=C\C/C=C\C/C=C\CC. The van der Waals surface area contributed by atoms with Crippen LogP contribution in [0.3, 0.4) is 0 Å². The fourth-order valence-electron chi connectivity index (χ4n) is 7.16. The molecule has 0 aromatic heterocycles. The minimum atomic E-state index is -0.821. The van der Waals surface area contributed by atoms with Crippen molar-refractivity contribution in [2.24, 2.45) is 0 Å². The molecule has 0 aliphatic heterocycles. The maximum absolute atomic E-state index is 12.9. The first-order valence-corrected chi connectivity index (χ1v) is 28.7. The predicted molar refractivity (Wildman–Crippen MR) is 315 cm³/mol. The van der Waals surface area contributed by atoms with Gasteiger partial charge < -0.3 is 14.2 Å². The number of unbranched alkanes of at least 4 members (excludes halogenated alkanes) is 15. The zero-order valence-corrected chi connectivity index (χ0v) is 46.3. The second-order valence-electron chi connectivity index (χ2n) is 18.2. The second-order valence-corrected chi connectivity index (χ2v) is 18.2. The molecule has 0 aromatic rings. The van der Waals surface area contributed by atoms with E-state index in [0.29, 0.717) is 12.8 Å². The molecule has 1 unspecified atom stereocenters. The maximum atomic E-state index is 12.9. The zero-order chi connectivity index (χ0) is 52.9. The highest BCUT2D eigenvalue weighted by Crippen LogP contribution is 2.13. The molecule has 0 bridgehead atoms. The zero-order valence-electron chi connectivity index (χ0n) is 46.3. The molecule has 0 rings (SSSR count). The van der Waals surface area contributed by atoms with Gasteiger partial charge in [-0.05, 0) is 116 Å². The van der Waals surface area contributed by atoms with Gasteiger partial charge in [0.25, 0.3) is 0 Å². The van der Waals surface area contributed by atoms with E-state index in [1.165, 1.54) is 25.7 Å². The first kappa shape index (κ1) is 67.8. The third-order valence-electron chi connectivity index (χ3n) is 11.4. The molecular formula is C67H102O6. The molecule has 0 spiro atoms. The van der Waals surface area contributed by atoms with Gasteiger partial charge in [0, 0.05) is 19.3 Å². The summed E-state index contributed by atoms with van der Waals surface area (Å²) in [5, 5.41) is 0. The van der Waals surface area contributed by atoms with Crippen LogP contribution in [0.4, 0.5) is 0 Å². The lowest BCUT2D eigenvalue weighted by molar-refractivity contribution is -0.167. The van der Waals surface area contributed by atoms with Crippen LogP contribution in [0.25, 0.3) is 0 Å². The van der Waals surface area contributed by atoms with Crippen LogP contribution in [0.2, 0.25) is 0 Å². The van der Waals surface area contributed by atoms with Crippen LogP contribution in [-0.2, 0) is 28.6 Å². The normalized spacial score (nSPS) is 13.4. The van der Waals surface area contributed by atoms with Gasteiger partial charge in [-0.3, -0.25) is 14.4 Å². The second kappa shape index (κ2) is 59.3. The van der Waals surface area contributed by atoms with Crippen LogP contribution >= 0.6 is 0 Å². The van der Waals surface area contributed by atoms with Gasteiger partial charge in [-0.25, -0.2) is 0 Å². The number of hydrogen-bond acceptors (Lipinski definition) is 6. The summed E-state index contributed by atoms with van der Waals surface area (Å²) in [6.45, 7) is 6.19. The molecule has 73 heavy (non-hydrogen) atoms. The Morgan fingerprint density at radius 3 is 0.945 bits per heavy atom. The van der Waals surface area contributed by atoms with Crippen molar-refractivity contribution in [3.63, 3.8) is 0 Å². The summed E-state index contributed by atoms with van der Waals surface area (Å²) < 4.78 is 16.8. The first-order valence-electron chi connectivity index (χ1n) is 28.7. The summed E-state index contributed by atoms with van der Waals surface area (Å²) in [6, 6.07) is 0. The van der Waals surface area contributed by atoms with Gasteiger partial charge in [-0.15, -0.1) is 0 Å². The molecular weight excluding hydrogens is 901 g/mol. The predicted octanol–water partition coefficient (Wildman–Crippen LogP) is 19.5. The van der Waals surface area contributed by atoms with E-state index in [9.17, 15) is 14.4 Å². The minimum Gasteiger partial charge on any atom is -0.462 e. The molecule has 1 atom stereocenters. The van der Waals surface area contributed by atoms with Gasteiger partial charge in [-0.1, -0.05) is 249 Å². The van der Waals surface area contributed by atoms with Crippen LogP contribution in [-0.4, -0.2) is 37.2 Å². The van der Waals surface area contributed by atoms with E-state index in [1.54, 1.807) is 0 Å². The standard InChI is InChI=1S/C67H102O6/c1-4-7-10-13-16-19-22-25-28-31-33-36-39-42-45-48-51-54-57-60-66(69)72-63-64(62-71-65(68)59-56-53-50-47-44-41-38-35-30-27-24-21-18-15-12-9-6-3)73-67(70)61-58-55-52-49-46-43-40-37-34-32-29-26-23-20-17-14-11-8-5-2/h7-12,15-21,24-30,33-38,41,44,64H,4-6,13-14,22-23,31-32,39-40,42-43,45-63H2,1-3H3/b10-7-,11-8-,12-9-,18-15-,19-16-,20-17-,24-21-,28-25-,29-26-,30-27-,36-33-,37-34-,38-35+,44-41-. The lowest BCUT2D eigenvalue weighted by Gasteiger charge is -2.18. The Labute approximate surface area is 447 Å². The van der Waals surface area contributed by atoms with E-state index < -0.39 is 6.10 Å². The van der Waals surface area contributed by atoms with Crippen molar-refractivity contribution in [3.8, 4) is 0 Å². The van der Waals surface area contributed by atoms with E-state index in [2.05, 4.69) is 130 Å². The van der Waals surface area contributed by atoms with E-state index in [1.807, 2.05) is 60.8 Å². The quantitative estimate of drug-likeness (QED) is 0.0199. The molecule has 0 radical (unpaired) electrons. The molecule has 6 nitrogen and oxygen atoms in total. The van der Waals surface area contributed by atoms with Crippen molar-refractivity contribution in [2.45, 2.75) is 219 Å². The highest BCUT2D eigenvalue weighted by atomic mass is 16.6. The monoisotopic (exact) mass is 1000 g/mol. The topological polar surface area (TPSA) is 78.9 Å². The van der Waals surface area contributed by atoms with E-state index in [4.69, 9.17) is 14.2 Å². The third kappa shape index (κ3) is 57.5. The number of hydrogen-bond donors (Lipinski definition) is 0. The molecule has 0 fully saturated rings. The van der Waals surface area contributed by atoms with Crippen molar-refractivity contribution in [1.29, 1.82) is 0 Å². The Hall–Kier alpha value is -5.23. The van der Waals surface area contributed by atoms with E-state index in [0.717, 1.165) is 148 Å². The smallest absolute Gasteiger partial charge is 0.306 e. The number of allylic oxidation sites excluding steroid dienone is 28. The fourth-order valence-corrected chi connectivity index (χ4v) is 7.16. The van der Waals surface area contributed by atoms with Crippen molar-refractivity contribution < 1.29 is 28.6 Å². The minimum absolute atomic E-state index is 0.115. The fraction of sp³-hybridized carbons (Fsp3) is 0.537. The van der Waals surface area contributed by atoms with Gasteiger partial charge in [0.05, 0.1) is 0 Å². The molecule has 0 amide bonds. The van der Waals surface area contributed by atoms with Gasteiger partial charge in [0.15, 0.2) is 6.10 Å². The van der Waals surface area contributed by atoms with Gasteiger partial charge in [-0.2, -0.15) is 0 Å². The number of esters is 3. The Bertz CT molecular complexity index is 1720. The number of rotatable bonds is 49. The number of carbonyl (C=O) groups is 3. The Morgan fingerprint density at radius 2 is 0.562 bits per heavy atom. The highest BCUT2D eigenvalue weighted by molar-refractivity contribution is 5.71. The molecule has 0 aliphatic rings. The summed E-state index contributed by atoms with van der Waals surface area (Å²) in [5.41, 5.74) is 0. The Balaban J connectivity index is 4.57. The largest absolute Gasteiger partial charge is 0.462 e. The summed E-state index contributed by atoms with van der Waals surface area (Å²) in [7, 11) is 0. The average Bonchev–Trinajstić information content (AvgIpc) is 3.39. The number of carbonyl (C=O) groups excluding carboxylic acids is 3. The van der Waals surface area contributed by atoms with E-state index in [-0.39, 0.29) is 37.5 Å². The summed E-state index contributed by atoms with van der Waals surface area (Å²) >= 11 is 0. The molecule has 0 saturated carbocycles. The molecule has 0 aliphatic carbocycles. The third-order valence-corrected chi connectivity index (χ3v) is 11.4. The lowest BCUT2D eigenvalue weighted by Crippen LogP contribution is -2.30. The Kier molecular flexibility index (Phi) is 55.1.